The molecule has 1 saturated carbocycles. The van der Waals surface area contributed by atoms with Crippen LogP contribution in [0.4, 0.5) is 13.2 Å². The predicted molar refractivity (Wildman–Crippen MR) is 131 cm³/mol. The number of carboxylic acids is 1. The van der Waals surface area contributed by atoms with Gasteiger partial charge in [-0.15, -0.1) is 0 Å². The van der Waals surface area contributed by atoms with E-state index in [0.29, 0.717) is 32.4 Å². The highest BCUT2D eigenvalue weighted by Crippen LogP contribution is 2.26. The summed E-state index contributed by atoms with van der Waals surface area (Å²) in [6.07, 6.45) is 2.91. The van der Waals surface area contributed by atoms with E-state index in [1.165, 1.54) is 4.57 Å². The number of rotatable bonds is 8. The van der Waals surface area contributed by atoms with Gasteiger partial charge in [-0.1, -0.05) is 43.5 Å². The number of amides is 1. The monoisotopic (exact) mass is 537 g/mol. The summed E-state index contributed by atoms with van der Waals surface area (Å²) in [7, 11) is 1.58. The Morgan fingerprint density at radius 2 is 1.84 bits per heavy atom. The van der Waals surface area contributed by atoms with Crippen LogP contribution in [0, 0.1) is 11.3 Å². The highest BCUT2D eigenvalue weighted by molar-refractivity contribution is 5.86. The highest BCUT2D eigenvalue weighted by atomic mass is 19.4. The summed E-state index contributed by atoms with van der Waals surface area (Å²) < 4.78 is 38.3. The summed E-state index contributed by atoms with van der Waals surface area (Å²) in [4.78, 5) is 37.3. The first-order valence-electron chi connectivity index (χ1n) is 11.8. The maximum atomic E-state index is 12.6. The summed E-state index contributed by atoms with van der Waals surface area (Å²) in [5.41, 5.74) is 7.74. The first kappa shape index (κ1) is 30.5. The fourth-order valence-corrected chi connectivity index (χ4v) is 3.86. The lowest BCUT2D eigenvalue weighted by Crippen LogP contribution is -2.57. The Kier molecular flexibility index (Phi) is 11.0. The molecular formula is C25H30F3N5O5. The molecule has 0 bridgehead atoms. The van der Waals surface area contributed by atoms with Crippen LogP contribution in [0.25, 0.3) is 11.1 Å². The molecule has 2 aromatic rings. The van der Waals surface area contributed by atoms with Crippen molar-refractivity contribution in [3.05, 3.63) is 52.7 Å². The largest absolute Gasteiger partial charge is 0.490 e. The molecule has 1 aromatic heterocycles. The second kappa shape index (κ2) is 13.7. The summed E-state index contributed by atoms with van der Waals surface area (Å²) in [5, 5.41) is 19.5. The van der Waals surface area contributed by atoms with Gasteiger partial charge in [0.05, 0.1) is 24.8 Å². The molecule has 4 N–H and O–H groups in total. The van der Waals surface area contributed by atoms with Gasteiger partial charge in [0.25, 0.3) is 0 Å². The van der Waals surface area contributed by atoms with Crippen LogP contribution < -0.4 is 16.7 Å². The van der Waals surface area contributed by atoms with Crippen molar-refractivity contribution in [2.75, 3.05) is 13.7 Å². The number of aliphatic carboxylic acids is 1. The SMILES string of the molecule is COCCn1cc(-c2ccc(C[C@@H](C#N)NC(=O)C3(N)CCCCC3)cc2)cnc1=O.O=C(O)C(F)(F)F. The van der Waals surface area contributed by atoms with Crippen molar-refractivity contribution in [3.8, 4) is 17.2 Å². The number of carboxylic acid groups (broad SMARTS) is 1. The molecule has 38 heavy (non-hydrogen) atoms. The maximum Gasteiger partial charge on any atom is 0.490 e. The summed E-state index contributed by atoms with van der Waals surface area (Å²) in [5.74, 6) is -2.99. The third-order valence-corrected chi connectivity index (χ3v) is 6.02. The predicted octanol–water partition coefficient (Wildman–Crippen LogP) is 2.40. The van der Waals surface area contributed by atoms with Gasteiger partial charge in [0.15, 0.2) is 0 Å². The fourth-order valence-electron chi connectivity index (χ4n) is 3.86. The van der Waals surface area contributed by atoms with Crippen LogP contribution in [0.15, 0.2) is 41.5 Å². The molecule has 13 heteroatoms. The van der Waals surface area contributed by atoms with Crippen LogP contribution >= 0.6 is 0 Å². The number of hydrogen-bond donors (Lipinski definition) is 3. The number of benzene rings is 1. The van der Waals surface area contributed by atoms with Crippen LogP contribution in [0.2, 0.25) is 0 Å². The van der Waals surface area contributed by atoms with Gasteiger partial charge < -0.3 is 20.9 Å². The van der Waals surface area contributed by atoms with Gasteiger partial charge in [-0.25, -0.2) is 14.6 Å². The molecule has 10 nitrogen and oxygen atoms in total. The summed E-state index contributed by atoms with van der Waals surface area (Å²) >= 11 is 0. The lowest BCUT2D eigenvalue weighted by Gasteiger charge is -2.32. The minimum atomic E-state index is -5.08. The molecule has 0 radical (unpaired) electrons. The Morgan fingerprint density at radius 3 is 2.37 bits per heavy atom. The highest BCUT2D eigenvalue weighted by Gasteiger charge is 2.38. The van der Waals surface area contributed by atoms with Gasteiger partial charge >= 0.3 is 17.8 Å². The van der Waals surface area contributed by atoms with E-state index < -0.39 is 23.7 Å². The number of carbonyl (C=O) groups is 2. The average Bonchev–Trinajstić information content (AvgIpc) is 2.88. The molecule has 1 aliphatic carbocycles. The van der Waals surface area contributed by atoms with Crippen molar-refractivity contribution >= 4 is 11.9 Å². The third kappa shape index (κ3) is 8.97. The first-order valence-corrected chi connectivity index (χ1v) is 11.8. The molecule has 0 saturated heterocycles. The zero-order valence-electron chi connectivity index (χ0n) is 20.8. The van der Waals surface area contributed by atoms with Gasteiger partial charge in [0, 0.05) is 31.5 Å². The number of nitriles is 1. The minimum Gasteiger partial charge on any atom is -0.475 e. The normalized spacial score (nSPS) is 15.4. The molecule has 1 amide bonds. The van der Waals surface area contributed by atoms with Crippen LogP contribution in [-0.4, -0.2) is 58.0 Å². The molecule has 0 unspecified atom stereocenters. The fraction of sp³-hybridized carbons (Fsp3) is 0.480. The second-order valence-corrected chi connectivity index (χ2v) is 8.89. The molecule has 1 atom stereocenters. The van der Waals surface area contributed by atoms with Crippen molar-refractivity contribution in [1.82, 2.24) is 14.9 Å². The van der Waals surface area contributed by atoms with Crippen molar-refractivity contribution in [1.29, 1.82) is 5.26 Å². The van der Waals surface area contributed by atoms with Crippen LogP contribution in [0.5, 0.6) is 0 Å². The van der Waals surface area contributed by atoms with E-state index in [1.807, 2.05) is 24.3 Å². The molecule has 1 aromatic carbocycles. The molecule has 206 valence electrons. The van der Waals surface area contributed by atoms with E-state index in [0.717, 1.165) is 36.0 Å². The Morgan fingerprint density at radius 1 is 1.24 bits per heavy atom. The number of halogens is 3. The molecule has 1 fully saturated rings. The van der Waals surface area contributed by atoms with Gasteiger partial charge in [0.1, 0.15) is 6.04 Å². The topological polar surface area (TPSA) is 160 Å². The number of ether oxygens (including phenoxy) is 1. The minimum absolute atomic E-state index is 0.236. The van der Waals surface area contributed by atoms with E-state index in [-0.39, 0.29) is 11.6 Å². The molecule has 1 aliphatic rings. The molecule has 0 spiro atoms. The Hall–Kier alpha value is -3.76. The smallest absolute Gasteiger partial charge is 0.475 e. The standard InChI is InChI=1S/C23H29N5O3.C2HF3O2/c1-31-12-11-28-16-19(15-26-22(28)30)18-7-5-17(6-8-18)13-20(14-24)27-21(29)23(25)9-3-2-4-10-23;3-2(4,5)1(6)7/h5-8,15-16,20H,2-4,9-13,25H2,1H3,(H,27,29);(H,6,7)/t20-;/m0./s1. The zero-order chi connectivity index (χ0) is 28.3. The van der Waals surface area contributed by atoms with Gasteiger partial charge in [-0.3, -0.25) is 9.36 Å². The van der Waals surface area contributed by atoms with Gasteiger partial charge in [-0.2, -0.15) is 18.4 Å². The van der Waals surface area contributed by atoms with Crippen LogP contribution in [-0.2, 0) is 27.3 Å². The average molecular weight is 538 g/mol. The molecule has 3 rings (SSSR count). The number of nitrogens with zero attached hydrogens (tertiary/aromatic N) is 3. The lowest BCUT2D eigenvalue weighted by atomic mass is 9.81. The quantitative estimate of drug-likeness (QED) is 0.463. The number of nitrogens with two attached hydrogens (primary N) is 1. The van der Waals surface area contributed by atoms with Crippen LogP contribution in [0.1, 0.15) is 37.7 Å². The Labute approximate surface area is 217 Å². The van der Waals surface area contributed by atoms with Gasteiger partial charge in [-0.05, 0) is 24.0 Å². The lowest BCUT2D eigenvalue weighted by molar-refractivity contribution is -0.192. The molecule has 1 heterocycles. The number of carbonyl (C=O) groups excluding carboxylic acids is 1. The maximum absolute atomic E-state index is 12.6. The molecular weight excluding hydrogens is 507 g/mol. The zero-order valence-corrected chi connectivity index (χ0v) is 20.8. The summed E-state index contributed by atoms with van der Waals surface area (Å²) in [6, 6.07) is 9.19. The van der Waals surface area contributed by atoms with Crippen molar-refractivity contribution in [2.45, 2.75) is 62.8 Å². The first-order chi connectivity index (χ1) is 17.9. The Bertz CT molecular complexity index is 1190. The van der Waals surface area contributed by atoms with Crippen molar-refractivity contribution in [3.63, 3.8) is 0 Å². The second-order valence-electron chi connectivity index (χ2n) is 8.89. The Balaban J connectivity index is 0.000000638. The van der Waals surface area contributed by atoms with Crippen molar-refractivity contribution in [2.24, 2.45) is 5.73 Å². The number of methoxy groups -OCH3 is 1. The van der Waals surface area contributed by atoms with E-state index >= 15 is 0 Å². The number of nitrogens with one attached hydrogen (secondary N) is 1. The van der Waals surface area contributed by atoms with Crippen LogP contribution in [0.3, 0.4) is 0 Å². The van der Waals surface area contributed by atoms with E-state index in [4.69, 9.17) is 20.4 Å². The number of alkyl halides is 3. The van der Waals surface area contributed by atoms with Crippen molar-refractivity contribution < 1.29 is 32.6 Å². The van der Waals surface area contributed by atoms with Gasteiger partial charge in [0.2, 0.25) is 5.91 Å². The number of hydrogen-bond acceptors (Lipinski definition) is 7. The van der Waals surface area contributed by atoms with E-state index in [1.54, 1.807) is 19.5 Å². The third-order valence-electron chi connectivity index (χ3n) is 6.02. The van der Waals surface area contributed by atoms with E-state index in [9.17, 15) is 28.0 Å². The number of aromatic nitrogens is 2. The summed E-state index contributed by atoms with van der Waals surface area (Å²) in [6.45, 7) is 0.857. The molecule has 0 aliphatic heterocycles. The van der Waals surface area contributed by atoms with E-state index in [2.05, 4.69) is 16.4 Å².